The third-order valence-corrected chi connectivity index (χ3v) is 4.94. The van der Waals surface area contributed by atoms with Gasteiger partial charge in [0.25, 0.3) is 0 Å². The summed E-state index contributed by atoms with van der Waals surface area (Å²) < 4.78 is 27.0. The number of nitrogens with zero attached hydrogens (tertiary/aromatic N) is 1. The first-order valence-electron chi connectivity index (χ1n) is 6.83. The zero-order valence-electron chi connectivity index (χ0n) is 12.7. The van der Waals surface area contributed by atoms with Gasteiger partial charge in [-0.2, -0.15) is 4.72 Å². The number of benzene rings is 2. The molecule has 2 rings (SSSR count). The number of anilines is 1. The Morgan fingerprint density at radius 2 is 1.78 bits per heavy atom. The molecule has 0 aliphatic carbocycles. The van der Waals surface area contributed by atoms with E-state index in [1.165, 1.54) is 6.07 Å². The van der Waals surface area contributed by atoms with Gasteiger partial charge in [0.1, 0.15) is 6.04 Å². The number of aliphatic hydroxyl groups is 1. The summed E-state index contributed by atoms with van der Waals surface area (Å²) in [6, 6.07) is 8.46. The fourth-order valence-corrected chi connectivity index (χ4v) is 3.71. The highest BCUT2D eigenvalue weighted by atomic mass is 32.2. The highest BCUT2D eigenvalue weighted by Gasteiger charge is 2.26. The molecule has 124 valence electrons. The molecule has 0 unspecified atom stereocenters. The van der Waals surface area contributed by atoms with Crippen molar-refractivity contribution in [3.05, 3.63) is 36.4 Å². The van der Waals surface area contributed by atoms with Gasteiger partial charge >= 0.3 is 5.97 Å². The topological polar surface area (TPSA) is 107 Å². The van der Waals surface area contributed by atoms with Crippen LogP contribution in [0.3, 0.4) is 0 Å². The largest absolute Gasteiger partial charge is 0.480 e. The molecule has 0 heterocycles. The number of carbonyl (C=O) groups is 1. The Kier molecular flexibility index (Phi) is 4.88. The van der Waals surface area contributed by atoms with Crippen LogP contribution in [0.2, 0.25) is 0 Å². The molecule has 2 aromatic carbocycles. The van der Waals surface area contributed by atoms with Crippen molar-refractivity contribution in [2.75, 3.05) is 25.6 Å². The summed E-state index contributed by atoms with van der Waals surface area (Å²) in [4.78, 5) is 12.8. The Hall–Kier alpha value is -2.16. The second-order valence-corrected chi connectivity index (χ2v) is 6.90. The minimum atomic E-state index is -4.10. The predicted molar refractivity (Wildman–Crippen MR) is 87.1 cm³/mol. The van der Waals surface area contributed by atoms with Crippen molar-refractivity contribution in [1.82, 2.24) is 4.72 Å². The summed E-state index contributed by atoms with van der Waals surface area (Å²) in [6.45, 7) is -0.831. The van der Waals surface area contributed by atoms with Crippen LogP contribution in [-0.2, 0) is 14.8 Å². The van der Waals surface area contributed by atoms with E-state index < -0.39 is 28.6 Å². The Morgan fingerprint density at radius 3 is 2.35 bits per heavy atom. The smallest absolute Gasteiger partial charge is 0.324 e. The van der Waals surface area contributed by atoms with Crippen molar-refractivity contribution >= 4 is 32.5 Å². The number of aliphatic hydroxyl groups excluding tert-OH is 1. The molecule has 0 fully saturated rings. The monoisotopic (exact) mass is 338 g/mol. The Morgan fingerprint density at radius 1 is 1.17 bits per heavy atom. The van der Waals surface area contributed by atoms with E-state index in [0.29, 0.717) is 5.39 Å². The molecule has 0 saturated heterocycles. The van der Waals surface area contributed by atoms with Crippen molar-refractivity contribution in [2.45, 2.75) is 10.9 Å². The number of nitrogens with one attached hydrogen (secondary N) is 1. The Balaban J connectivity index is 2.59. The van der Waals surface area contributed by atoms with Gasteiger partial charge in [0, 0.05) is 30.6 Å². The Bertz CT molecular complexity index is 833. The average Bonchev–Trinajstić information content (AvgIpc) is 2.50. The van der Waals surface area contributed by atoms with Crippen LogP contribution in [0.25, 0.3) is 10.8 Å². The average molecular weight is 338 g/mol. The lowest BCUT2D eigenvalue weighted by atomic mass is 10.1. The Labute approximate surface area is 134 Å². The van der Waals surface area contributed by atoms with E-state index >= 15 is 0 Å². The maximum atomic E-state index is 12.5. The second kappa shape index (κ2) is 6.53. The molecule has 0 radical (unpaired) electrons. The van der Waals surface area contributed by atoms with Gasteiger partial charge in [-0.1, -0.05) is 24.3 Å². The highest BCUT2D eigenvalue weighted by molar-refractivity contribution is 7.89. The SMILES string of the molecule is CN(C)c1cccc2c(S(=O)(=O)N[C@H](CO)C(=O)O)cccc12. The van der Waals surface area contributed by atoms with E-state index in [1.54, 1.807) is 24.3 Å². The van der Waals surface area contributed by atoms with Crippen LogP contribution >= 0.6 is 0 Å². The molecule has 0 spiro atoms. The molecule has 0 aromatic heterocycles. The van der Waals surface area contributed by atoms with Gasteiger partial charge in [0.15, 0.2) is 0 Å². The number of hydrogen-bond donors (Lipinski definition) is 3. The zero-order chi connectivity index (χ0) is 17.2. The van der Waals surface area contributed by atoms with Crippen LogP contribution in [-0.4, -0.2) is 51.3 Å². The normalized spacial score (nSPS) is 13.0. The van der Waals surface area contributed by atoms with Gasteiger partial charge in [-0.3, -0.25) is 4.79 Å². The first-order chi connectivity index (χ1) is 10.8. The number of aliphatic carboxylic acids is 1. The number of carboxylic acid groups (broad SMARTS) is 1. The fraction of sp³-hybridized carbons (Fsp3) is 0.267. The van der Waals surface area contributed by atoms with Crippen molar-refractivity contribution in [2.24, 2.45) is 0 Å². The minimum absolute atomic E-state index is 0.0293. The number of hydrogen-bond acceptors (Lipinski definition) is 5. The molecule has 8 heteroatoms. The molecule has 0 aliphatic heterocycles. The van der Waals surface area contributed by atoms with Gasteiger partial charge in [-0.15, -0.1) is 0 Å². The molecule has 0 aliphatic rings. The van der Waals surface area contributed by atoms with Crippen LogP contribution in [0.15, 0.2) is 41.3 Å². The second-order valence-electron chi connectivity index (χ2n) is 5.22. The highest BCUT2D eigenvalue weighted by Crippen LogP contribution is 2.30. The first-order valence-corrected chi connectivity index (χ1v) is 8.31. The lowest BCUT2D eigenvalue weighted by Gasteiger charge is -2.18. The number of fused-ring (bicyclic) bond motifs is 1. The van der Waals surface area contributed by atoms with Crippen molar-refractivity contribution in [1.29, 1.82) is 0 Å². The molecule has 0 amide bonds. The van der Waals surface area contributed by atoms with Crippen LogP contribution in [0.5, 0.6) is 0 Å². The standard InChI is InChI=1S/C15H18N2O5S/c1-17(2)13-7-3-6-11-10(13)5-4-8-14(11)23(21,22)16-12(9-18)15(19)20/h3-8,12,16,18H,9H2,1-2H3,(H,19,20)/t12-/m1/s1. The number of sulfonamides is 1. The summed E-state index contributed by atoms with van der Waals surface area (Å²) >= 11 is 0. The first kappa shape index (κ1) is 17.2. The van der Waals surface area contributed by atoms with Gasteiger partial charge in [0.2, 0.25) is 10.0 Å². The maximum absolute atomic E-state index is 12.5. The van der Waals surface area contributed by atoms with Gasteiger partial charge in [-0.05, 0) is 12.1 Å². The van der Waals surface area contributed by atoms with Crippen molar-refractivity contribution in [3.8, 4) is 0 Å². The van der Waals surface area contributed by atoms with E-state index in [4.69, 9.17) is 10.2 Å². The van der Waals surface area contributed by atoms with Crippen LogP contribution in [0.4, 0.5) is 5.69 Å². The summed E-state index contributed by atoms with van der Waals surface area (Å²) in [5.41, 5.74) is 0.844. The predicted octanol–water partition coefficient (Wildman–Crippen LogP) is 0.630. The summed E-state index contributed by atoms with van der Waals surface area (Å²) in [6.07, 6.45) is 0. The van der Waals surface area contributed by atoms with Crippen LogP contribution < -0.4 is 9.62 Å². The quantitative estimate of drug-likeness (QED) is 0.713. The molecular weight excluding hydrogens is 320 g/mol. The molecule has 7 nitrogen and oxygen atoms in total. The van der Waals surface area contributed by atoms with E-state index in [-0.39, 0.29) is 4.90 Å². The van der Waals surface area contributed by atoms with E-state index in [2.05, 4.69) is 0 Å². The maximum Gasteiger partial charge on any atom is 0.324 e. The molecule has 2 aromatic rings. The van der Waals surface area contributed by atoms with Crippen LogP contribution in [0, 0.1) is 0 Å². The molecule has 1 atom stereocenters. The van der Waals surface area contributed by atoms with Gasteiger partial charge in [0.05, 0.1) is 11.5 Å². The van der Waals surface area contributed by atoms with E-state index in [9.17, 15) is 13.2 Å². The fourth-order valence-electron chi connectivity index (χ4n) is 2.31. The molecule has 3 N–H and O–H groups in total. The minimum Gasteiger partial charge on any atom is -0.480 e. The van der Waals surface area contributed by atoms with E-state index in [0.717, 1.165) is 11.1 Å². The zero-order valence-corrected chi connectivity index (χ0v) is 13.5. The molecular formula is C15H18N2O5S. The molecule has 0 saturated carbocycles. The van der Waals surface area contributed by atoms with E-state index in [1.807, 2.05) is 29.8 Å². The van der Waals surface area contributed by atoms with Crippen molar-refractivity contribution in [3.63, 3.8) is 0 Å². The van der Waals surface area contributed by atoms with Gasteiger partial charge < -0.3 is 15.1 Å². The van der Waals surface area contributed by atoms with Gasteiger partial charge in [-0.25, -0.2) is 8.42 Å². The van der Waals surface area contributed by atoms with Crippen LogP contribution in [0.1, 0.15) is 0 Å². The lowest BCUT2D eigenvalue weighted by molar-refractivity contribution is -0.139. The molecule has 0 bridgehead atoms. The third-order valence-electron chi connectivity index (χ3n) is 3.41. The third kappa shape index (κ3) is 3.44. The van der Waals surface area contributed by atoms with Crippen molar-refractivity contribution < 1.29 is 23.4 Å². The number of carboxylic acids is 1. The number of rotatable bonds is 6. The summed E-state index contributed by atoms with van der Waals surface area (Å²) in [5.74, 6) is -1.44. The summed E-state index contributed by atoms with van der Waals surface area (Å²) in [7, 11) is -0.400. The lowest BCUT2D eigenvalue weighted by Crippen LogP contribution is -2.43. The molecule has 23 heavy (non-hydrogen) atoms. The summed E-state index contributed by atoms with van der Waals surface area (Å²) in [5, 5.41) is 19.2.